The predicted molar refractivity (Wildman–Crippen MR) is 146 cm³/mol. The molecule has 0 saturated carbocycles. The van der Waals surface area contributed by atoms with Crippen molar-refractivity contribution in [2.75, 3.05) is 17.8 Å². The molecule has 4 rings (SSSR count). The Kier molecular flexibility index (Phi) is 15.4. The Hall–Kier alpha value is -1.08. The van der Waals surface area contributed by atoms with Gasteiger partial charge in [-0.15, -0.1) is 22.0 Å². The summed E-state index contributed by atoms with van der Waals surface area (Å²) in [5.41, 5.74) is 0.629. The van der Waals surface area contributed by atoms with Crippen LogP contribution in [0.25, 0.3) is 0 Å². The van der Waals surface area contributed by atoms with Crippen LogP contribution >= 0.6 is 46.6 Å². The molecule has 0 aliphatic carbocycles. The summed E-state index contributed by atoms with van der Waals surface area (Å²) in [6.07, 6.45) is 1.84. The van der Waals surface area contributed by atoms with Crippen molar-refractivity contribution in [3.05, 3.63) is 47.2 Å². The smallest absolute Gasteiger partial charge is 0.548 e. The second-order valence-electron chi connectivity index (χ2n) is 8.62. The van der Waals surface area contributed by atoms with Crippen molar-refractivity contribution < 1.29 is 93.3 Å². The van der Waals surface area contributed by atoms with Crippen molar-refractivity contribution in [2.45, 2.75) is 45.4 Å². The largest absolute Gasteiger partial charge is 1.00 e. The molecule has 3 heterocycles. The van der Waals surface area contributed by atoms with Crippen LogP contribution < -0.4 is 80.0 Å². The monoisotopic (exact) mass is 667 g/mol. The Balaban J connectivity index is 0.00000308. The summed E-state index contributed by atoms with van der Waals surface area (Å²) in [6, 6.07) is 5.89. The molecule has 18 heteroatoms. The number of carboxylic acid groups (broad SMARTS) is 2. The maximum Gasteiger partial charge on any atom is 1.00 e. The molecule has 42 heavy (non-hydrogen) atoms. The molecule has 212 valence electrons. The van der Waals surface area contributed by atoms with E-state index in [2.05, 4.69) is 20.8 Å². The molecule has 2 unspecified atom stereocenters. The first-order valence-electron chi connectivity index (χ1n) is 11.9. The van der Waals surface area contributed by atoms with E-state index in [0.717, 1.165) is 9.24 Å². The number of rotatable bonds is 13. The summed E-state index contributed by atoms with van der Waals surface area (Å²) in [7, 11) is 0. The molecule has 0 radical (unpaired) electrons. The minimum atomic E-state index is -1.47. The number of amides is 3. The van der Waals surface area contributed by atoms with Gasteiger partial charge < -0.3 is 30.4 Å². The van der Waals surface area contributed by atoms with Crippen LogP contribution in [0.3, 0.4) is 0 Å². The van der Waals surface area contributed by atoms with E-state index in [-0.39, 0.29) is 84.1 Å². The molecule has 3 atom stereocenters. The number of β-lactam (4-membered cyclic amide) rings is 1. The van der Waals surface area contributed by atoms with E-state index in [4.69, 9.17) is 0 Å². The third kappa shape index (κ3) is 9.22. The average Bonchev–Trinajstić information content (AvgIpc) is 3.42. The minimum Gasteiger partial charge on any atom is -0.548 e. The van der Waals surface area contributed by atoms with Crippen molar-refractivity contribution in [3.8, 4) is 0 Å². The molecule has 1 saturated heterocycles. The summed E-state index contributed by atoms with van der Waals surface area (Å²) in [5, 5.41) is 35.9. The van der Waals surface area contributed by atoms with Gasteiger partial charge in [0.15, 0.2) is 8.68 Å². The first-order valence-corrected chi connectivity index (χ1v) is 16.0. The van der Waals surface area contributed by atoms with Crippen LogP contribution in [-0.2, 0) is 19.2 Å². The van der Waals surface area contributed by atoms with E-state index >= 15 is 0 Å². The number of nitrogens with zero attached hydrogens (tertiary/aromatic N) is 3. The molecule has 2 aliphatic rings. The third-order valence-electron chi connectivity index (χ3n) is 6.01. The SMILES string of the molecule is CSc1nnc(SCC2=C(C(=O)[O-])N3C(=O)C(NC(=O)CCCC(NC(=O)c4ccccc4)C(=O)[O-])[C@@H]3SC2)s1.[Na+].[Na+]. The number of hydrogen-bond donors (Lipinski definition) is 2. The van der Waals surface area contributed by atoms with Crippen molar-refractivity contribution in [1.82, 2.24) is 25.7 Å². The number of carbonyl (C=O) groups is 5. The van der Waals surface area contributed by atoms with E-state index in [0.29, 0.717) is 27.0 Å². The Labute approximate surface area is 302 Å². The predicted octanol–water partition coefficient (Wildman–Crippen LogP) is -6.52. The van der Waals surface area contributed by atoms with Gasteiger partial charge in [-0.25, -0.2) is 0 Å². The fraction of sp³-hybridized carbons (Fsp3) is 0.375. The molecular weight excluding hydrogens is 645 g/mol. The Morgan fingerprint density at radius 1 is 1.12 bits per heavy atom. The minimum absolute atomic E-state index is 0. The number of carbonyl (C=O) groups excluding carboxylic acids is 5. The number of benzene rings is 1. The van der Waals surface area contributed by atoms with E-state index in [1.54, 1.807) is 30.3 Å². The van der Waals surface area contributed by atoms with Gasteiger partial charge in [-0.1, -0.05) is 53.1 Å². The molecule has 1 aromatic carbocycles. The van der Waals surface area contributed by atoms with E-state index in [9.17, 15) is 34.2 Å². The maximum atomic E-state index is 12.8. The zero-order chi connectivity index (χ0) is 28.8. The van der Waals surface area contributed by atoms with Crippen LogP contribution in [0.4, 0.5) is 0 Å². The molecular formula is C24H23N5Na2O7S4. The van der Waals surface area contributed by atoms with Gasteiger partial charge >= 0.3 is 59.1 Å². The van der Waals surface area contributed by atoms with Gasteiger partial charge in [-0.05, 0) is 36.8 Å². The second kappa shape index (κ2) is 17.4. The van der Waals surface area contributed by atoms with Crippen molar-refractivity contribution in [2.24, 2.45) is 0 Å². The number of aromatic nitrogens is 2. The van der Waals surface area contributed by atoms with Gasteiger partial charge in [0.25, 0.3) is 11.8 Å². The Morgan fingerprint density at radius 3 is 2.43 bits per heavy atom. The van der Waals surface area contributed by atoms with E-state index in [1.165, 1.54) is 46.6 Å². The van der Waals surface area contributed by atoms with E-state index in [1.807, 2.05) is 6.26 Å². The van der Waals surface area contributed by atoms with Gasteiger partial charge in [-0.3, -0.25) is 19.3 Å². The van der Waals surface area contributed by atoms with Gasteiger partial charge in [0.05, 0.1) is 23.7 Å². The topological polar surface area (TPSA) is 185 Å². The van der Waals surface area contributed by atoms with E-state index < -0.39 is 47.1 Å². The fourth-order valence-corrected chi connectivity index (χ4v) is 7.99. The molecule has 0 bridgehead atoms. The van der Waals surface area contributed by atoms with Crippen molar-refractivity contribution in [1.29, 1.82) is 0 Å². The van der Waals surface area contributed by atoms with Crippen LogP contribution in [0, 0.1) is 0 Å². The molecule has 2 aromatic rings. The first kappa shape index (κ1) is 37.1. The summed E-state index contributed by atoms with van der Waals surface area (Å²) >= 11 is 5.52. The number of fused-ring (bicyclic) bond motifs is 1. The summed E-state index contributed by atoms with van der Waals surface area (Å²) in [6.45, 7) is 0. The van der Waals surface area contributed by atoms with Crippen molar-refractivity contribution in [3.63, 3.8) is 0 Å². The Morgan fingerprint density at radius 2 is 1.81 bits per heavy atom. The molecule has 2 aliphatic heterocycles. The van der Waals surface area contributed by atoms with Crippen LogP contribution in [0.1, 0.15) is 29.6 Å². The molecule has 3 amide bonds. The van der Waals surface area contributed by atoms with Crippen LogP contribution in [0.2, 0.25) is 0 Å². The van der Waals surface area contributed by atoms with Gasteiger partial charge in [0, 0.05) is 23.5 Å². The molecule has 1 fully saturated rings. The quantitative estimate of drug-likeness (QED) is 0.117. The zero-order valence-electron chi connectivity index (χ0n) is 23.0. The fourth-order valence-electron chi connectivity index (χ4n) is 4.06. The molecule has 2 N–H and O–H groups in total. The van der Waals surface area contributed by atoms with Gasteiger partial charge in [0.1, 0.15) is 11.4 Å². The number of aliphatic carboxylic acids is 2. The third-order valence-corrected chi connectivity index (χ3v) is 10.5. The normalized spacial score (nSPS) is 18.0. The first-order chi connectivity index (χ1) is 19.2. The zero-order valence-corrected chi connectivity index (χ0v) is 30.3. The number of carboxylic acids is 2. The maximum absolute atomic E-state index is 12.8. The molecule has 12 nitrogen and oxygen atoms in total. The summed E-state index contributed by atoms with van der Waals surface area (Å²) in [4.78, 5) is 62.2. The number of thioether (sulfide) groups is 3. The number of hydrogen-bond acceptors (Lipinski definition) is 13. The van der Waals surface area contributed by atoms with Crippen LogP contribution in [-0.4, -0.2) is 80.0 Å². The summed E-state index contributed by atoms with van der Waals surface area (Å²) < 4.78 is 1.47. The Bertz CT molecular complexity index is 1350. The average molecular weight is 668 g/mol. The van der Waals surface area contributed by atoms with Crippen LogP contribution in [0.15, 0.2) is 50.3 Å². The van der Waals surface area contributed by atoms with Gasteiger partial charge in [0.2, 0.25) is 5.91 Å². The van der Waals surface area contributed by atoms with Crippen LogP contribution in [0.5, 0.6) is 0 Å². The van der Waals surface area contributed by atoms with Crippen molar-refractivity contribution >= 4 is 76.3 Å². The standard InChI is InChI=1S/C24H25N5O7S4.2Na/c1-37-23-27-28-24(40-23)39-11-13-10-38-20-16(19(32)29(20)17(13)22(35)36)26-15(30)9-5-8-14(21(33)34)25-18(31)12-6-3-2-4-7-12;;/h2-4,6-7,14,16,20H,5,8-11H2,1H3,(H,25,31)(H,26,30)(H,33,34)(H,35,36);;/q;2*+1/p-2/t14?,16?,20-;;/m0../s1. The molecule has 0 spiro atoms. The van der Waals surface area contributed by atoms with Gasteiger partial charge in [-0.2, -0.15) is 0 Å². The number of nitrogens with one attached hydrogen (secondary N) is 2. The molecule has 1 aromatic heterocycles. The second-order valence-corrected chi connectivity index (χ2v) is 13.0. The summed E-state index contributed by atoms with van der Waals surface area (Å²) in [5.74, 6) is -3.93.